The topological polar surface area (TPSA) is 90.6 Å². The Kier molecular flexibility index (Phi) is 5.04. The van der Waals surface area contributed by atoms with Gasteiger partial charge in [-0.2, -0.15) is 0 Å². The Morgan fingerprint density at radius 3 is 3.00 bits per heavy atom. The highest BCUT2D eigenvalue weighted by Gasteiger charge is 2.15. The summed E-state index contributed by atoms with van der Waals surface area (Å²) in [5, 5.41) is 11.0. The molecule has 3 aromatic rings. The molecule has 0 unspecified atom stereocenters. The lowest BCUT2D eigenvalue weighted by Gasteiger charge is -2.14. The molecular formula is C18H15N3O4S2. The Hall–Kier alpha value is -2.52. The molecule has 1 aromatic heterocycles. The summed E-state index contributed by atoms with van der Waals surface area (Å²) in [4.78, 5) is 27.2. The number of thioether (sulfide) groups is 2. The van der Waals surface area contributed by atoms with E-state index in [0.717, 1.165) is 28.0 Å². The number of aryl methyl sites for hydroxylation is 1. The molecule has 0 spiro atoms. The Labute approximate surface area is 162 Å². The fraction of sp³-hybridized carbons (Fsp3) is 0.222. The second-order valence-corrected chi connectivity index (χ2v) is 8.23. The molecule has 0 radical (unpaired) electrons. The maximum Gasteiger partial charge on any atom is 0.419 e. The summed E-state index contributed by atoms with van der Waals surface area (Å²) in [6.45, 7) is 0.439. The van der Waals surface area contributed by atoms with Gasteiger partial charge in [0.15, 0.2) is 5.58 Å². The van der Waals surface area contributed by atoms with Crippen LogP contribution in [0.25, 0.3) is 11.1 Å². The Morgan fingerprint density at radius 1 is 1.30 bits per heavy atom. The summed E-state index contributed by atoms with van der Waals surface area (Å²) in [6, 6.07) is 12.3. The number of para-hydroxylation sites is 1. The van der Waals surface area contributed by atoms with Crippen molar-refractivity contribution >= 4 is 50.4 Å². The summed E-state index contributed by atoms with van der Waals surface area (Å²) in [5.74, 6) is 1.22. The van der Waals surface area contributed by atoms with Crippen LogP contribution in [0.2, 0.25) is 0 Å². The maximum atomic E-state index is 12.0. The van der Waals surface area contributed by atoms with Crippen LogP contribution in [0.4, 0.5) is 11.4 Å². The number of hydrogen-bond acceptors (Lipinski definition) is 7. The van der Waals surface area contributed by atoms with Gasteiger partial charge < -0.3 is 4.42 Å². The van der Waals surface area contributed by atoms with Gasteiger partial charge in [-0.1, -0.05) is 41.7 Å². The number of hydrogen-bond donors (Lipinski definition) is 0. The molecule has 0 saturated heterocycles. The molecule has 9 heteroatoms. The van der Waals surface area contributed by atoms with Gasteiger partial charge in [0.2, 0.25) is 0 Å². The van der Waals surface area contributed by atoms with Crippen LogP contribution >= 0.6 is 23.5 Å². The van der Waals surface area contributed by atoms with Gasteiger partial charge >= 0.3 is 5.76 Å². The highest BCUT2D eigenvalue weighted by molar-refractivity contribution is 8.38. The van der Waals surface area contributed by atoms with E-state index in [4.69, 9.17) is 4.42 Å². The van der Waals surface area contributed by atoms with Crippen LogP contribution in [-0.2, 0) is 12.3 Å². The van der Waals surface area contributed by atoms with E-state index >= 15 is 0 Å². The van der Waals surface area contributed by atoms with Crippen molar-refractivity contribution in [2.24, 2.45) is 4.99 Å². The Balaban J connectivity index is 1.42. The zero-order chi connectivity index (χ0) is 18.8. The number of fused-ring (bicyclic) bond motifs is 2. The lowest BCUT2D eigenvalue weighted by atomic mass is 10.2. The van der Waals surface area contributed by atoms with Gasteiger partial charge in [0.05, 0.1) is 16.1 Å². The molecule has 0 fully saturated rings. The van der Waals surface area contributed by atoms with Crippen LogP contribution in [0.1, 0.15) is 12.0 Å². The molecule has 27 heavy (non-hydrogen) atoms. The van der Waals surface area contributed by atoms with Crippen molar-refractivity contribution in [2.45, 2.75) is 18.7 Å². The number of aliphatic imine (C=N–C) groups is 1. The highest BCUT2D eigenvalue weighted by Crippen LogP contribution is 2.34. The average Bonchev–Trinajstić information content (AvgIpc) is 2.99. The predicted octanol–water partition coefficient (Wildman–Crippen LogP) is 4.56. The van der Waals surface area contributed by atoms with Crippen molar-refractivity contribution < 1.29 is 9.34 Å². The number of rotatable bonds is 5. The van der Waals surface area contributed by atoms with Gasteiger partial charge in [0.25, 0.3) is 5.69 Å². The van der Waals surface area contributed by atoms with Crippen molar-refractivity contribution in [2.75, 3.05) is 5.75 Å². The SMILES string of the molecule is O=c1oc2ccc([N+](=O)[O-])cc2n1CCCSC1=Nc2ccccc2CS1. The van der Waals surface area contributed by atoms with Crippen LogP contribution in [-0.4, -0.2) is 19.6 Å². The first-order valence-corrected chi connectivity index (χ1v) is 10.3. The smallest absolute Gasteiger partial charge is 0.408 e. The molecule has 1 aliphatic heterocycles. The van der Waals surface area contributed by atoms with Crippen molar-refractivity contribution in [3.05, 3.63) is 68.7 Å². The highest BCUT2D eigenvalue weighted by atomic mass is 32.2. The number of nitro groups is 1. The van der Waals surface area contributed by atoms with Gasteiger partial charge in [0, 0.05) is 30.2 Å². The molecule has 0 atom stereocenters. The van der Waals surface area contributed by atoms with Crippen molar-refractivity contribution in [1.29, 1.82) is 0 Å². The molecule has 7 nitrogen and oxygen atoms in total. The molecule has 0 N–H and O–H groups in total. The van der Waals surface area contributed by atoms with E-state index in [0.29, 0.717) is 17.6 Å². The lowest BCUT2D eigenvalue weighted by molar-refractivity contribution is -0.384. The van der Waals surface area contributed by atoms with Gasteiger partial charge in [-0.3, -0.25) is 14.7 Å². The van der Waals surface area contributed by atoms with Crippen LogP contribution in [0.5, 0.6) is 0 Å². The van der Waals surface area contributed by atoms with E-state index in [1.54, 1.807) is 23.5 Å². The molecule has 2 aromatic carbocycles. The molecule has 4 rings (SSSR count). The fourth-order valence-corrected chi connectivity index (χ4v) is 4.90. The van der Waals surface area contributed by atoms with Gasteiger partial charge in [-0.15, -0.1) is 0 Å². The number of non-ortho nitro benzene ring substituents is 1. The number of aromatic nitrogens is 1. The normalized spacial score (nSPS) is 13.4. The second kappa shape index (κ2) is 7.61. The summed E-state index contributed by atoms with van der Waals surface area (Å²) in [6.07, 6.45) is 0.725. The predicted molar refractivity (Wildman–Crippen MR) is 109 cm³/mol. The van der Waals surface area contributed by atoms with Gasteiger partial charge in [-0.05, 0) is 24.1 Å². The van der Waals surface area contributed by atoms with Crippen LogP contribution in [0, 0.1) is 10.1 Å². The third kappa shape index (κ3) is 3.79. The van der Waals surface area contributed by atoms with E-state index in [1.807, 2.05) is 18.2 Å². The molecule has 0 saturated carbocycles. The Morgan fingerprint density at radius 2 is 2.15 bits per heavy atom. The summed E-state index contributed by atoms with van der Waals surface area (Å²) < 4.78 is 7.64. The van der Waals surface area contributed by atoms with E-state index < -0.39 is 10.7 Å². The minimum atomic E-state index is -0.492. The minimum absolute atomic E-state index is 0.0574. The van der Waals surface area contributed by atoms with Gasteiger partial charge in [-0.25, -0.2) is 9.79 Å². The average molecular weight is 401 g/mol. The number of nitro benzene ring substituents is 1. The molecule has 138 valence electrons. The minimum Gasteiger partial charge on any atom is -0.408 e. The molecular weight excluding hydrogens is 386 g/mol. The second-order valence-electron chi connectivity index (χ2n) is 5.93. The number of nitrogens with zero attached hydrogens (tertiary/aromatic N) is 3. The fourth-order valence-electron chi connectivity index (χ4n) is 2.84. The first-order valence-electron chi connectivity index (χ1n) is 8.32. The Bertz CT molecular complexity index is 1100. The third-order valence-electron chi connectivity index (χ3n) is 4.17. The zero-order valence-electron chi connectivity index (χ0n) is 14.2. The standard InChI is InChI=1S/C18H15N3O4S2/c22-18-20(15-10-13(21(23)24)6-7-16(15)25-18)8-3-9-26-17-19-14-5-2-1-4-12(14)11-27-17/h1-2,4-7,10H,3,8-9,11H2. The van der Waals surface area contributed by atoms with E-state index in [-0.39, 0.29) is 5.69 Å². The molecule has 0 aliphatic carbocycles. The summed E-state index contributed by atoms with van der Waals surface area (Å²) in [5.41, 5.74) is 3.02. The van der Waals surface area contributed by atoms with Crippen molar-refractivity contribution in [1.82, 2.24) is 4.57 Å². The monoisotopic (exact) mass is 401 g/mol. The van der Waals surface area contributed by atoms with Crippen LogP contribution < -0.4 is 5.76 Å². The van der Waals surface area contributed by atoms with Crippen LogP contribution in [0.15, 0.2) is 56.7 Å². The maximum absolute atomic E-state index is 12.0. The van der Waals surface area contributed by atoms with E-state index in [2.05, 4.69) is 11.1 Å². The molecule has 0 bridgehead atoms. The van der Waals surface area contributed by atoms with Crippen molar-refractivity contribution in [3.8, 4) is 0 Å². The third-order valence-corrected chi connectivity index (χ3v) is 6.50. The number of benzene rings is 2. The van der Waals surface area contributed by atoms with Gasteiger partial charge in [0.1, 0.15) is 4.38 Å². The first-order chi connectivity index (χ1) is 13.1. The quantitative estimate of drug-likeness (QED) is 0.354. The summed E-state index contributed by atoms with van der Waals surface area (Å²) in [7, 11) is 0. The number of oxazole rings is 1. The zero-order valence-corrected chi connectivity index (χ0v) is 15.8. The molecule has 1 aliphatic rings. The lowest BCUT2D eigenvalue weighted by Crippen LogP contribution is -2.14. The van der Waals surface area contributed by atoms with Crippen LogP contribution in [0.3, 0.4) is 0 Å². The first kappa shape index (κ1) is 17.9. The largest absolute Gasteiger partial charge is 0.419 e. The van der Waals surface area contributed by atoms with E-state index in [1.165, 1.54) is 28.3 Å². The summed E-state index contributed by atoms with van der Waals surface area (Å²) >= 11 is 3.38. The molecule has 2 heterocycles. The van der Waals surface area contributed by atoms with E-state index in [9.17, 15) is 14.9 Å². The van der Waals surface area contributed by atoms with Crippen molar-refractivity contribution in [3.63, 3.8) is 0 Å². The molecule has 0 amide bonds.